The highest BCUT2D eigenvalue weighted by Crippen LogP contribution is 2.39. The second-order valence-corrected chi connectivity index (χ2v) is 7.80. The van der Waals surface area contributed by atoms with Crippen molar-refractivity contribution >= 4 is 17.4 Å². The van der Waals surface area contributed by atoms with Gasteiger partial charge in [0.1, 0.15) is 17.4 Å². The normalized spacial score (nSPS) is 23.6. The van der Waals surface area contributed by atoms with Crippen LogP contribution < -0.4 is 9.64 Å². The van der Waals surface area contributed by atoms with Crippen LogP contribution in [0.5, 0.6) is 5.75 Å². The summed E-state index contributed by atoms with van der Waals surface area (Å²) in [6.45, 7) is 1.43. The third-order valence-corrected chi connectivity index (χ3v) is 5.78. The molecule has 8 nitrogen and oxygen atoms in total. The Hall–Kier alpha value is -2.72. The number of fused-ring (bicyclic) bond motifs is 1. The fourth-order valence-corrected chi connectivity index (χ4v) is 4.20. The summed E-state index contributed by atoms with van der Waals surface area (Å²) in [7, 11) is 1.68. The zero-order chi connectivity index (χ0) is 22.1. The monoisotopic (exact) mass is 436 g/mol. The van der Waals surface area contributed by atoms with Crippen LogP contribution in [0.15, 0.2) is 35.1 Å². The van der Waals surface area contributed by atoms with Crippen molar-refractivity contribution in [2.24, 2.45) is 4.99 Å². The van der Waals surface area contributed by atoms with Gasteiger partial charge in [-0.2, -0.15) is 8.78 Å². The number of nitrogens with zero attached hydrogens (tertiary/aromatic N) is 4. The van der Waals surface area contributed by atoms with Crippen molar-refractivity contribution in [3.63, 3.8) is 0 Å². The number of rotatable bonds is 5. The summed E-state index contributed by atoms with van der Waals surface area (Å²) in [5, 5.41) is 10.5. The van der Waals surface area contributed by atoms with Crippen LogP contribution in [-0.4, -0.2) is 78.9 Å². The van der Waals surface area contributed by atoms with Crippen LogP contribution in [0.4, 0.5) is 14.5 Å². The number of alkyl halides is 2. The van der Waals surface area contributed by atoms with Crippen LogP contribution in [0.3, 0.4) is 0 Å². The fraction of sp³-hybridized carbons (Fsp3) is 0.524. The lowest BCUT2D eigenvalue weighted by molar-refractivity contribution is -0.117. The molecule has 1 fully saturated rings. The third-order valence-electron chi connectivity index (χ3n) is 5.78. The molecule has 1 aromatic carbocycles. The van der Waals surface area contributed by atoms with Gasteiger partial charge >= 0.3 is 6.61 Å². The Morgan fingerprint density at radius 1 is 1.35 bits per heavy atom. The van der Waals surface area contributed by atoms with E-state index in [1.165, 1.54) is 6.07 Å². The standard InChI is InChI=1S/C21H26F2N4O4/c1-13-10-14-15(4-3-5-16(14)31-21(22)23)27(13)20(29)11-17-24-18(12-19(28)25(17)2)26-6-8-30-9-7-26/h3-5,12-13,19,21,28H,6-11H2,1-2H3/t13-,19?/m1/s1. The van der Waals surface area contributed by atoms with Crippen molar-refractivity contribution in [1.29, 1.82) is 0 Å². The minimum Gasteiger partial charge on any atom is -0.434 e. The SMILES string of the molecule is C[C@@H]1Cc2c(OC(F)F)cccc2N1C(=O)CC1=NC(N2CCOCC2)=CC(O)N1C. The van der Waals surface area contributed by atoms with Crippen molar-refractivity contribution in [3.05, 3.63) is 35.7 Å². The number of hydrogen-bond donors (Lipinski definition) is 1. The number of amidine groups is 1. The first-order valence-electron chi connectivity index (χ1n) is 10.3. The number of hydrogen-bond acceptors (Lipinski definition) is 7. The van der Waals surface area contributed by atoms with Crippen molar-refractivity contribution in [1.82, 2.24) is 9.80 Å². The molecular weight excluding hydrogens is 410 g/mol. The fourth-order valence-electron chi connectivity index (χ4n) is 4.20. The lowest BCUT2D eigenvalue weighted by atomic mass is 10.1. The van der Waals surface area contributed by atoms with E-state index in [-0.39, 0.29) is 24.1 Å². The molecule has 1 amide bonds. The number of amides is 1. The van der Waals surface area contributed by atoms with E-state index >= 15 is 0 Å². The molecule has 0 radical (unpaired) electrons. The summed E-state index contributed by atoms with van der Waals surface area (Å²) >= 11 is 0. The van der Waals surface area contributed by atoms with E-state index in [1.807, 2.05) is 11.8 Å². The Labute approximate surface area is 179 Å². The van der Waals surface area contributed by atoms with Gasteiger partial charge in [0.15, 0.2) is 6.23 Å². The third kappa shape index (κ3) is 4.35. The Morgan fingerprint density at radius 2 is 2.10 bits per heavy atom. The van der Waals surface area contributed by atoms with Crippen molar-refractivity contribution in [3.8, 4) is 5.75 Å². The predicted octanol–water partition coefficient (Wildman–Crippen LogP) is 1.79. The summed E-state index contributed by atoms with van der Waals surface area (Å²) in [5.74, 6) is 0.942. The molecular formula is C21H26F2N4O4. The van der Waals surface area contributed by atoms with Gasteiger partial charge < -0.3 is 29.3 Å². The molecule has 0 aliphatic carbocycles. The van der Waals surface area contributed by atoms with Gasteiger partial charge in [-0.25, -0.2) is 4.99 Å². The molecule has 1 unspecified atom stereocenters. The minimum atomic E-state index is -2.93. The van der Waals surface area contributed by atoms with Crippen LogP contribution in [0, 0.1) is 0 Å². The number of halogens is 2. The molecule has 1 saturated heterocycles. The van der Waals surface area contributed by atoms with Crippen molar-refractivity contribution in [2.45, 2.75) is 38.6 Å². The molecule has 3 aliphatic heterocycles. The molecule has 168 valence electrons. The molecule has 0 spiro atoms. The van der Waals surface area contributed by atoms with E-state index in [9.17, 15) is 18.7 Å². The molecule has 3 aliphatic rings. The molecule has 4 rings (SSSR count). The second kappa shape index (κ2) is 8.80. The van der Waals surface area contributed by atoms with Gasteiger partial charge in [-0.15, -0.1) is 0 Å². The van der Waals surface area contributed by atoms with Crippen LogP contribution in [-0.2, 0) is 16.0 Å². The zero-order valence-corrected chi connectivity index (χ0v) is 17.5. The number of anilines is 1. The van der Waals surface area contributed by atoms with Gasteiger partial charge in [0.25, 0.3) is 0 Å². The van der Waals surface area contributed by atoms with E-state index < -0.39 is 12.8 Å². The maximum Gasteiger partial charge on any atom is 0.387 e. The van der Waals surface area contributed by atoms with Gasteiger partial charge in [-0.1, -0.05) is 6.07 Å². The second-order valence-electron chi connectivity index (χ2n) is 7.80. The number of benzene rings is 1. The molecule has 2 atom stereocenters. The van der Waals surface area contributed by atoms with Gasteiger partial charge in [0.2, 0.25) is 5.91 Å². The highest BCUT2D eigenvalue weighted by atomic mass is 19.3. The largest absolute Gasteiger partial charge is 0.434 e. The molecule has 10 heteroatoms. The summed E-state index contributed by atoms with van der Waals surface area (Å²) in [4.78, 5) is 23.1. The highest BCUT2D eigenvalue weighted by Gasteiger charge is 2.35. The summed E-state index contributed by atoms with van der Waals surface area (Å²) in [5.41, 5.74) is 1.16. The first-order chi connectivity index (χ1) is 14.8. The highest BCUT2D eigenvalue weighted by molar-refractivity contribution is 6.08. The Kier molecular flexibility index (Phi) is 6.10. The first kappa shape index (κ1) is 21.5. The van der Waals surface area contributed by atoms with Gasteiger partial charge in [-0.3, -0.25) is 4.79 Å². The van der Waals surface area contributed by atoms with Crippen LogP contribution in [0.2, 0.25) is 0 Å². The van der Waals surface area contributed by atoms with Gasteiger partial charge in [0.05, 0.1) is 25.3 Å². The molecule has 1 aromatic rings. The Bertz CT molecular complexity index is 901. The number of likely N-dealkylation sites (N-methyl/N-ethyl adjacent to an activating group) is 1. The number of carbonyl (C=O) groups excluding carboxylic acids is 1. The molecule has 0 aromatic heterocycles. The zero-order valence-electron chi connectivity index (χ0n) is 17.5. The van der Waals surface area contributed by atoms with Crippen LogP contribution in [0.25, 0.3) is 0 Å². The number of carbonyl (C=O) groups is 1. The lowest BCUT2D eigenvalue weighted by Crippen LogP contribution is -2.45. The number of aliphatic imine (C=N–C) groups is 1. The summed E-state index contributed by atoms with van der Waals surface area (Å²) < 4.78 is 35.5. The number of ether oxygens (including phenoxy) is 2. The molecule has 0 bridgehead atoms. The summed E-state index contributed by atoms with van der Waals surface area (Å²) in [6, 6.07) is 4.61. The lowest BCUT2D eigenvalue weighted by Gasteiger charge is -2.35. The maximum atomic E-state index is 13.3. The van der Waals surface area contributed by atoms with E-state index in [0.29, 0.717) is 55.6 Å². The van der Waals surface area contributed by atoms with Crippen molar-refractivity contribution in [2.75, 3.05) is 38.3 Å². The number of morpholine rings is 1. The Morgan fingerprint density at radius 3 is 2.81 bits per heavy atom. The smallest absolute Gasteiger partial charge is 0.387 e. The van der Waals surface area contributed by atoms with Crippen molar-refractivity contribution < 1.29 is 28.2 Å². The maximum absolute atomic E-state index is 13.3. The first-order valence-corrected chi connectivity index (χ1v) is 10.3. The topological polar surface area (TPSA) is 77.8 Å². The van der Waals surface area contributed by atoms with E-state index in [4.69, 9.17) is 4.74 Å². The average molecular weight is 436 g/mol. The molecule has 31 heavy (non-hydrogen) atoms. The molecule has 0 saturated carbocycles. The van der Waals surface area contributed by atoms with Crippen LogP contribution >= 0.6 is 0 Å². The molecule has 1 N–H and O–H groups in total. The average Bonchev–Trinajstić information content (AvgIpc) is 3.08. The predicted molar refractivity (Wildman–Crippen MR) is 110 cm³/mol. The van der Waals surface area contributed by atoms with E-state index in [0.717, 1.165) is 0 Å². The Balaban J connectivity index is 1.55. The quantitative estimate of drug-likeness (QED) is 0.759. The minimum absolute atomic E-state index is 0.0288. The van der Waals surface area contributed by atoms with E-state index in [1.54, 1.807) is 35.1 Å². The van der Waals surface area contributed by atoms with Gasteiger partial charge in [-0.05, 0) is 25.5 Å². The summed E-state index contributed by atoms with van der Waals surface area (Å²) in [6.07, 6.45) is 1.15. The number of aliphatic hydroxyl groups is 1. The van der Waals surface area contributed by atoms with Gasteiger partial charge in [0, 0.05) is 37.8 Å². The van der Waals surface area contributed by atoms with Crippen LogP contribution in [0.1, 0.15) is 18.9 Å². The van der Waals surface area contributed by atoms with E-state index in [2.05, 4.69) is 9.73 Å². The molecule has 3 heterocycles. The number of aliphatic hydroxyl groups excluding tert-OH is 1.